The van der Waals surface area contributed by atoms with Crippen molar-refractivity contribution >= 4 is 23.4 Å². The van der Waals surface area contributed by atoms with Crippen LogP contribution < -0.4 is 14.8 Å². The molecule has 0 atom stereocenters. The van der Waals surface area contributed by atoms with E-state index in [2.05, 4.69) is 15.5 Å². The Morgan fingerprint density at radius 3 is 2.36 bits per heavy atom. The highest BCUT2D eigenvalue weighted by atomic mass is 32.2. The van der Waals surface area contributed by atoms with Crippen molar-refractivity contribution in [3.63, 3.8) is 0 Å². The number of thioether (sulfide) groups is 1. The highest BCUT2D eigenvalue weighted by Gasteiger charge is 2.19. The summed E-state index contributed by atoms with van der Waals surface area (Å²) in [6, 6.07) is 24.8. The van der Waals surface area contributed by atoms with E-state index >= 15 is 0 Å². The zero-order valence-electron chi connectivity index (χ0n) is 18.4. The SMILES string of the molecule is COc1ccc(-n2c(SCCC(=O)Nc3ccccc3)nnc2-c2ccccc2OC)cc1. The number of benzene rings is 3. The van der Waals surface area contributed by atoms with E-state index in [0.29, 0.717) is 28.9 Å². The quantitative estimate of drug-likeness (QED) is 0.351. The van der Waals surface area contributed by atoms with Crippen LogP contribution in [0.5, 0.6) is 11.5 Å². The largest absolute Gasteiger partial charge is 0.497 e. The van der Waals surface area contributed by atoms with Gasteiger partial charge in [0.2, 0.25) is 5.91 Å². The Labute approximate surface area is 196 Å². The summed E-state index contributed by atoms with van der Waals surface area (Å²) in [5.74, 6) is 2.64. The van der Waals surface area contributed by atoms with Gasteiger partial charge in [-0.15, -0.1) is 10.2 Å². The molecule has 4 aromatic rings. The molecular weight excluding hydrogens is 436 g/mol. The van der Waals surface area contributed by atoms with Crippen LogP contribution in [-0.4, -0.2) is 40.6 Å². The molecule has 4 rings (SSSR count). The molecule has 0 radical (unpaired) electrons. The first kappa shape index (κ1) is 22.4. The predicted octanol–water partition coefficient (Wildman–Crippen LogP) is 5.07. The first-order chi connectivity index (χ1) is 16.2. The normalized spacial score (nSPS) is 10.6. The Bertz CT molecular complexity index is 1210. The Morgan fingerprint density at radius 1 is 0.909 bits per heavy atom. The van der Waals surface area contributed by atoms with Gasteiger partial charge in [0.25, 0.3) is 0 Å². The monoisotopic (exact) mass is 460 g/mol. The van der Waals surface area contributed by atoms with Crippen LogP contribution in [0, 0.1) is 0 Å². The number of amides is 1. The highest BCUT2D eigenvalue weighted by Crippen LogP contribution is 2.33. The molecule has 3 aromatic carbocycles. The lowest BCUT2D eigenvalue weighted by atomic mass is 10.2. The predicted molar refractivity (Wildman–Crippen MR) is 130 cm³/mol. The van der Waals surface area contributed by atoms with Gasteiger partial charge in [0.1, 0.15) is 11.5 Å². The summed E-state index contributed by atoms with van der Waals surface area (Å²) >= 11 is 1.48. The summed E-state index contributed by atoms with van der Waals surface area (Å²) in [6.45, 7) is 0. The lowest BCUT2D eigenvalue weighted by molar-refractivity contribution is -0.115. The van der Waals surface area contributed by atoms with E-state index in [1.807, 2.05) is 83.4 Å². The number of carbonyl (C=O) groups is 1. The Kier molecular flexibility index (Phi) is 7.26. The lowest BCUT2D eigenvalue weighted by Crippen LogP contribution is -2.12. The van der Waals surface area contributed by atoms with Gasteiger partial charge in [0.15, 0.2) is 11.0 Å². The Balaban J connectivity index is 1.58. The fourth-order valence-electron chi connectivity index (χ4n) is 3.31. The molecule has 8 heteroatoms. The van der Waals surface area contributed by atoms with Crippen LogP contribution in [0.2, 0.25) is 0 Å². The van der Waals surface area contributed by atoms with Gasteiger partial charge in [0, 0.05) is 17.9 Å². The number of para-hydroxylation sites is 2. The van der Waals surface area contributed by atoms with Gasteiger partial charge < -0.3 is 14.8 Å². The molecule has 0 aliphatic carbocycles. The molecule has 0 saturated carbocycles. The van der Waals surface area contributed by atoms with Crippen molar-refractivity contribution in [2.24, 2.45) is 0 Å². The first-order valence-corrected chi connectivity index (χ1v) is 11.4. The Hall–Kier alpha value is -3.78. The number of anilines is 1. The maximum Gasteiger partial charge on any atom is 0.225 e. The summed E-state index contributed by atoms with van der Waals surface area (Å²) < 4.78 is 12.8. The summed E-state index contributed by atoms with van der Waals surface area (Å²) in [4.78, 5) is 12.3. The van der Waals surface area contributed by atoms with Crippen LogP contribution in [0.25, 0.3) is 17.1 Å². The number of rotatable bonds is 9. The number of aromatic nitrogens is 3. The molecule has 1 amide bonds. The van der Waals surface area contributed by atoms with Crippen LogP contribution in [0.1, 0.15) is 6.42 Å². The van der Waals surface area contributed by atoms with Crippen molar-refractivity contribution in [1.82, 2.24) is 14.8 Å². The number of nitrogens with one attached hydrogen (secondary N) is 1. The third-order valence-electron chi connectivity index (χ3n) is 4.93. The topological polar surface area (TPSA) is 78.3 Å². The number of nitrogens with zero attached hydrogens (tertiary/aromatic N) is 3. The summed E-state index contributed by atoms with van der Waals surface area (Å²) in [5, 5.41) is 12.5. The van der Waals surface area contributed by atoms with Gasteiger partial charge in [0.05, 0.1) is 25.5 Å². The van der Waals surface area contributed by atoms with Crippen LogP contribution in [0.4, 0.5) is 5.69 Å². The molecule has 0 spiro atoms. The minimum atomic E-state index is -0.0471. The van der Waals surface area contributed by atoms with E-state index < -0.39 is 0 Å². The molecule has 0 bridgehead atoms. The van der Waals surface area contributed by atoms with Crippen LogP contribution in [0.15, 0.2) is 84.0 Å². The highest BCUT2D eigenvalue weighted by molar-refractivity contribution is 7.99. The zero-order valence-corrected chi connectivity index (χ0v) is 19.2. The maximum absolute atomic E-state index is 12.3. The second kappa shape index (κ2) is 10.7. The van der Waals surface area contributed by atoms with E-state index in [4.69, 9.17) is 9.47 Å². The molecule has 0 fully saturated rings. The van der Waals surface area contributed by atoms with Gasteiger partial charge in [-0.05, 0) is 48.5 Å². The van der Waals surface area contributed by atoms with Crippen molar-refractivity contribution in [1.29, 1.82) is 0 Å². The molecule has 1 heterocycles. The number of hydrogen-bond acceptors (Lipinski definition) is 6. The van der Waals surface area contributed by atoms with E-state index in [1.165, 1.54) is 11.8 Å². The molecule has 1 N–H and O–H groups in total. The zero-order chi connectivity index (χ0) is 23.0. The van der Waals surface area contributed by atoms with E-state index in [-0.39, 0.29) is 5.91 Å². The second-order valence-corrected chi connectivity index (χ2v) is 8.11. The molecule has 0 aliphatic rings. The molecule has 7 nitrogen and oxygen atoms in total. The van der Waals surface area contributed by atoms with Gasteiger partial charge in [-0.1, -0.05) is 42.1 Å². The fourth-order valence-corrected chi connectivity index (χ4v) is 4.20. The maximum atomic E-state index is 12.3. The van der Waals surface area contributed by atoms with Gasteiger partial charge in [-0.25, -0.2) is 0 Å². The average Bonchev–Trinajstić information content (AvgIpc) is 3.28. The standard InChI is InChI=1S/C25H24N4O3S/c1-31-20-14-12-19(13-15-20)29-24(21-10-6-7-11-22(21)32-2)27-28-25(29)33-17-16-23(30)26-18-8-4-3-5-9-18/h3-15H,16-17H2,1-2H3,(H,26,30). The van der Waals surface area contributed by atoms with Crippen molar-refractivity contribution < 1.29 is 14.3 Å². The molecule has 0 aliphatic heterocycles. The number of carbonyl (C=O) groups excluding carboxylic acids is 1. The number of ether oxygens (including phenoxy) is 2. The van der Waals surface area contributed by atoms with Crippen molar-refractivity contribution in [2.75, 3.05) is 25.3 Å². The molecular formula is C25H24N4O3S. The molecule has 33 heavy (non-hydrogen) atoms. The third-order valence-corrected chi connectivity index (χ3v) is 5.86. The molecule has 0 saturated heterocycles. The lowest BCUT2D eigenvalue weighted by Gasteiger charge is -2.13. The third kappa shape index (κ3) is 5.35. The fraction of sp³-hybridized carbons (Fsp3) is 0.160. The van der Waals surface area contributed by atoms with Gasteiger partial charge >= 0.3 is 0 Å². The molecule has 168 valence electrons. The smallest absolute Gasteiger partial charge is 0.225 e. The van der Waals surface area contributed by atoms with Gasteiger partial charge in [-0.2, -0.15) is 0 Å². The minimum Gasteiger partial charge on any atom is -0.497 e. The van der Waals surface area contributed by atoms with E-state index in [1.54, 1.807) is 14.2 Å². The minimum absolute atomic E-state index is 0.0471. The summed E-state index contributed by atoms with van der Waals surface area (Å²) in [7, 11) is 3.27. The molecule has 0 unspecified atom stereocenters. The number of methoxy groups -OCH3 is 2. The summed E-state index contributed by atoms with van der Waals surface area (Å²) in [6.07, 6.45) is 0.346. The molecule has 1 aromatic heterocycles. The van der Waals surface area contributed by atoms with Crippen molar-refractivity contribution in [3.8, 4) is 28.6 Å². The van der Waals surface area contributed by atoms with Crippen LogP contribution in [0.3, 0.4) is 0 Å². The van der Waals surface area contributed by atoms with E-state index in [0.717, 1.165) is 22.7 Å². The summed E-state index contributed by atoms with van der Waals surface area (Å²) in [5.41, 5.74) is 2.50. The van der Waals surface area contributed by atoms with Crippen LogP contribution in [-0.2, 0) is 4.79 Å². The van der Waals surface area contributed by atoms with Crippen molar-refractivity contribution in [2.45, 2.75) is 11.6 Å². The second-order valence-electron chi connectivity index (χ2n) is 7.05. The Morgan fingerprint density at radius 2 is 1.64 bits per heavy atom. The van der Waals surface area contributed by atoms with E-state index in [9.17, 15) is 4.79 Å². The van der Waals surface area contributed by atoms with Crippen LogP contribution >= 0.6 is 11.8 Å². The average molecular weight is 461 g/mol. The van der Waals surface area contributed by atoms with Crippen molar-refractivity contribution in [3.05, 3.63) is 78.9 Å². The van der Waals surface area contributed by atoms with Gasteiger partial charge in [-0.3, -0.25) is 9.36 Å². The first-order valence-electron chi connectivity index (χ1n) is 10.4. The number of hydrogen-bond donors (Lipinski definition) is 1.